The van der Waals surface area contributed by atoms with Gasteiger partial charge in [0.15, 0.2) is 0 Å². The Kier molecular flexibility index (Phi) is 4.57. The summed E-state index contributed by atoms with van der Waals surface area (Å²) < 4.78 is 0. The van der Waals surface area contributed by atoms with Gasteiger partial charge in [0.25, 0.3) is 5.69 Å². The molecule has 1 aliphatic rings. The van der Waals surface area contributed by atoms with E-state index < -0.39 is 0 Å². The zero-order valence-electron chi connectivity index (χ0n) is 12.3. The van der Waals surface area contributed by atoms with E-state index in [4.69, 9.17) is 0 Å². The van der Waals surface area contributed by atoms with E-state index in [9.17, 15) is 10.1 Å². The molecule has 0 saturated carbocycles. The standard InChI is InChI=1S/C14H22N4O2/c1-11-9-17(7-6-16(11)3)10-12-4-5-14(18(19)20)13(8-12)15-2/h4-5,8,11,15H,6-7,9-10H2,1-3H3. The van der Waals surface area contributed by atoms with E-state index >= 15 is 0 Å². The van der Waals surface area contributed by atoms with Crippen molar-refractivity contribution in [3.8, 4) is 0 Å². The molecule has 1 unspecified atom stereocenters. The Morgan fingerprint density at radius 3 is 2.80 bits per heavy atom. The van der Waals surface area contributed by atoms with Crippen LogP contribution in [0.4, 0.5) is 11.4 Å². The van der Waals surface area contributed by atoms with E-state index in [2.05, 4.69) is 29.1 Å². The maximum absolute atomic E-state index is 10.9. The molecule has 0 radical (unpaired) electrons. The quantitative estimate of drug-likeness (QED) is 0.672. The van der Waals surface area contributed by atoms with Crippen molar-refractivity contribution in [1.82, 2.24) is 9.80 Å². The molecular formula is C14H22N4O2. The van der Waals surface area contributed by atoms with Crippen molar-refractivity contribution in [2.75, 3.05) is 39.0 Å². The van der Waals surface area contributed by atoms with Crippen molar-refractivity contribution in [3.05, 3.63) is 33.9 Å². The zero-order valence-corrected chi connectivity index (χ0v) is 12.3. The number of likely N-dealkylation sites (N-methyl/N-ethyl adjacent to an activating group) is 1. The second-order valence-corrected chi connectivity index (χ2v) is 5.42. The number of nitrogens with one attached hydrogen (secondary N) is 1. The molecule has 0 aliphatic carbocycles. The third-order valence-electron chi connectivity index (χ3n) is 3.98. The summed E-state index contributed by atoms with van der Waals surface area (Å²) in [5, 5.41) is 13.8. The second kappa shape index (κ2) is 6.19. The normalized spacial score (nSPS) is 20.9. The highest BCUT2D eigenvalue weighted by molar-refractivity contribution is 5.62. The molecule has 0 bridgehead atoms. The third-order valence-corrected chi connectivity index (χ3v) is 3.98. The Labute approximate surface area is 119 Å². The number of anilines is 1. The number of nitro groups is 1. The van der Waals surface area contributed by atoms with Crippen molar-refractivity contribution < 1.29 is 4.92 Å². The van der Waals surface area contributed by atoms with E-state index in [1.807, 2.05) is 12.1 Å². The van der Waals surface area contributed by atoms with Crippen LogP contribution in [0, 0.1) is 10.1 Å². The Bertz CT molecular complexity index is 492. The first-order valence-electron chi connectivity index (χ1n) is 6.89. The molecule has 1 aliphatic heterocycles. The van der Waals surface area contributed by atoms with Crippen molar-refractivity contribution in [2.24, 2.45) is 0 Å². The van der Waals surface area contributed by atoms with E-state index in [1.165, 1.54) is 0 Å². The monoisotopic (exact) mass is 278 g/mol. The molecular weight excluding hydrogens is 256 g/mol. The molecule has 6 heteroatoms. The van der Waals surface area contributed by atoms with Crippen LogP contribution in [0.2, 0.25) is 0 Å². The Morgan fingerprint density at radius 2 is 2.20 bits per heavy atom. The van der Waals surface area contributed by atoms with Gasteiger partial charge in [0.2, 0.25) is 0 Å². The van der Waals surface area contributed by atoms with Crippen LogP contribution in [0.1, 0.15) is 12.5 Å². The van der Waals surface area contributed by atoms with Crippen LogP contribution in [-0.2, 0) is 6.54 Å². The van der Waals surface area contributed by atoms with E-state index in [0.29, 0.717) is 11.7 Å². The molecule has 1 aromatic carbocycles. The van der Waals surface area contributed by atoms with Crippen LogP contribution in [0.25, 0.3) is 0 Å². The average molecular weight is 278 g/mol. The molecule has 1 saturated heterocycles. The minimum Gasteiger partial charge on any atom is -0.383 e. The SMILES string of the molecule is CNc1cc(CN2CCN(C)C(C)C2)ccc1[N+](=O)[O-]. The molecule has 110 valence electrons. The fourth-order valence-corrected chi connectivity index (χ4v) is 2.57. The van der Waals surface area contributed by atoms with Crippen molar-refractivity contribution in [1.29, 1.82) is 0 Å². The van der Waals surface area contributed by atoms with Gasteiger partial charge in [-0.05, 0) is 25.6 Å². The highest BCUT2D eigenvalue weighted by atomic mass is 16.6. The van der Waals surface area contributed by atoms with Gasteiger partial charge in [-0.3, -0.25) is 15.0 Å². The molecule has 1 fully saturated rings. The molecule has 0 amide bonds. The fourth-order valence-electron chi connectivity index (χ4n) is 2.57. The minimum atomic E-state index is -0.354. The first-order valence-corrected chi connectivity index (χ1v) is 6.89. The van der Waals surface area contributed by atoms with Gasteiger partial charge in [-0.25, -0.2) is 0 Å². The Hall–Kier alpha value is -1.66. The molecule has 0 aromatic heterocycles. The van der Waals surface area contributed by atoms with Gasteiger partial charge in [-0.1, -0.05) is 6.07 Å². The largest absolute Gasteiger partial charge is 0.383 e. The lowest BCUT2D eigenvalue weighted by Gasteiger charge is -2.37. The summed E-state index contributed by atoms with van der Waals surface area (Å²) in [7, 11) is 3.86. The first-order chi connectivity index (χ1) is 9.51. The number of benzene rings is 1. The number of hydrogen-bond donors (Lipinski definition) is 1. The molecule has 2 rings (SSSR count). The van der Waals surface area contributed by atoms with Gasteiger partial charge < -0.3 is 10.2 Å². The smallest absolute Gasteiger partial charge is 0.292 e. The number of piperazine rings is 1. The first kappa shape index (κ1) is 14.7. The van der Waals surface area contributed by atoms with Crippen LogP contribution in [0.15, 0.2) is 18.2 Å². The molecule has 6 nitrogen and oxygen atoms in total. The van der Waals surface area contributed by atoms with Crippen molar-refractivity contribution in [2.45, 2.75) is 19.5 Å². The highest BCUT2D eigenvalue weighted by Crippen LogP contribution is 2.25. The third kappa shape index (κ3) is 3.26. The van der Waals surface area contributed by atoms with Crippen LogP contribution in [-0.4, -0.2) is 54.5 Å². The average Bonchev–Trinajstić information content (AvgIpc) is 2.42. The zero-order chi connectivity index (χ0) is 14.7. The maximum atomic E-state index is 10.9. The summed E-state index contributed by atoms with van der Waals surface area (Å²) in [6.45, 7) is 6.19. The molecule has 20 heavy (non-hydrogen) atoms. The van der Waals surface area contributed by atoms with Crippen LogP contribution in [0.3, 0.4) is 0 Å². The fraction of sp³-hybridized carbons (Fsp3) is 0.571. The number of rotatable bonds is 4. The summed E-state index contributed by atoms with van der Waals surface area (Å²) in [6, 6.07) is 5.86. The van der Waals surface area contributed by atoms with Crippen molar-refractivity contribution in [3.63, 3.8) is 0 Å². The van der Waals surface area contributed by atoms with E-state index in [1.54, 1.807) is 13.1 Å². The summed E-state index contributed by atoms with van der Waals surface area (Å²) in [4.78, 5) is 15.3. The van der Waals surface area contributed by atoms with Crippen LogP contribution >= 0.6 is 0 Å². The molecule has 0 spiro atoms. The number of nitrogens with zero attached hydrogens (tertiary/aromatic N) is 3. The minimum absolute atomic E-state index is 0.128. The summed E-state index contributed by atoms with van der Waals surface area (Å²) in [5.74, 6) is 0. The molecule has 1 heterocycles. The summed E-state index contributed by atoms with van der Waals surface area (Å²) >= 11 is 0. The van der Waals surface area contributed by atoms with Gasteiger partial charge in [0.1, 0.15) is 5.69 Å². The van der Waals surface area contributed by atoms with Gasteiger partial charge in [-0.15, -0.1) is 0 Å². The van der Waals surface area contributed by atoms with Gasteiger partial charge in [-0.2, -0.15) is 0 Å². The topological polar surface area (TPSA) is 61.6 Å². The van der Waals surface area contributed by atoms with E-state index in [-0.39, 0.29) is 10.6 Å². The summed E-state index contributed by atoms with van der Waals surface area (Å²) in [6.07, 6.45) is 0. The maximum Gasteiger partial charge on any atom is 0.292 e. The molecule has 1 N–H and O–H groups in total. The second-order valence-electron chi connectivity index (χ2n) is 5.42. The van der Waals surface area contributed by atoms with E-state index in [0.717, 1.165) is 31.7 Å². The lowest BCUT2D eigenvalue weighted by molar-refractivity contribution is -0.384. The van der Waals surface area contributed by atoms with Crippen LogP contribution in [0.5, 0.6) is 0 Å². The lowest BCUT2D eigenvalue weighted by atomic mass is 10.1. The number of hydrogen-bond acceptors (Lipinski definition) is 5. The Morgan fingerprint density at radius 1 is 1.45 bits per heavy atom. The lowest BCUT2D eigenvalue weighted by Crippen LogP contribution is -2.49. The predicted molar refractivity (Wildman–Crippen MR) is 80.0 cm³/mol. The van der Waals surface area contributed by atoms with Crippen LogP contribution < -0.4 is 5.32 Å². The Balaban J connectivity index is 2.08. The van der Waals surface area contributed by atoms with Crippen molar-refractivity contribution >= 4 is 11.4 Å². The predicted octanol–water partition coefficient (Wildman–Crippen LogP) is 1.77. The van der Waals surface area contributed by atoms with Gasteiger partial charge in [0, 0.05) is 45.3 Å². The van der Waals surface area contributed by atoms with Gasteiger partial charge in [0.05, 0.1) is 4.92 Å². The highest BCUT2D eigenvalue weighted by Gasteiger charge is 2.21. The summed E-state index contributed by atoms with van der Waals surface area (Å²) in [5.41, 5.74) is 1.81. The number of nitro benzene ring substituents is 1. The van der Waals surface area contributed by atoms with Gasteiger partial charge >= 0.3 is 0 Å². The molecule has 1 aromatic rings. The molecule has 1 atom stereocenters.